The maximum Gasteiger partial charge on any atom is 0.230 e. The molecule has 124 valence electrons. The molecular formula is C15H19BrN4OS2. The number of aromatic amines is 1. The van der Waals surface area contributed by atoms with Crippen molar-refractivity contribution in [1.29, 1.82) is 0 Å². The third-order valence-electron chi connectivity index (χ3n) is 3.23. The number of nitrogens with one attached hydrogen (secondary N) is 2. The van der Waals surface area contributed by atoms with Crippen LogP contribution in [0.1, 0.15) is 31.3 Å². The highest BCUT2D eigenvalue weighted by Crippen LogP contribution is 2.25. The lowest BCUT2D eigenvalue weighted by molar-refractivity contribution is -0.118. The number of H-pyrrole nitrogens is 1. The van der Waals surface area contributed by atoms with E-state index in [1.807, 2.05) is 43.5 Å². The Morgan fingerprint density at radius 1 is 1.52 bits per heavy atom. The van der Waals surface area contributed by atoms with Gasteiger partial charge in [-0.05, 0) is 56.8 Å². The van der Waals surface area contributed by atoms with Gasteiger partial charge in [0.1, 0.15) is 0 Å². The number of aryl methyl sites for hydroxylation is 1. The summed E-state index contributed by atoms with van der Waals surface area (Å²) >= 11 is 10.2. The standard InChI is InChI=1S/C15H19BrN4OS2/c1-9(2)20-13(18-19-15(20)22)7-17-14(21)8-23-12-5-4-11(16)6-10(12)3/h4-6,9H,7-8H2,1-3H3,(H,17,21)(H,19,22). The number of hydrogen-bond donors (Lipinski definition) is 2. The molecule has 0 bridgehead atoms. The van der Waals surface area contributed by atoms with Gasteiger partial charge in [-0.2, -0.15) is 5.10 Å². The minimum absolute atomic E-state index is 0.0263. The summed E-state index contributed by atoms with van der Waals surface area (Å²) in [4.78, 5) is 13.1. The predicted molar refractivity (Wildman–Crippen MR) is 99.2 cm³/mol. The number of nitrogens with zero attached hydrogens (tertiary/aromatic N) is 2. The van der Waals surface area contributed by atoms with Crippen molar-refractivity contribution in [2.75, 3.05) is 5.75 Å². The number of amides is 1. The Labute approximate surface area is 153 Å². The average Bonchev–Trinajstić information content (AvgIpc) is 2.85. The van der Waals surface area contributed by atoms with Crippen molar-refractivity contribution in [1.82, 2.24) is 20.1 Å². The first-order valence-electron chi connectivity index (χ1n) is 7.20. The monoisotopic (exact) mass is 414 g/mol. The molecule has 0 atom stereocenters. The summed E-state index contributed by atoms with van der Waals surface area (Å²) in [6.07, 6.45) is 0. The summed E-state index contributed by atoms with van der Waals surface area (Å²) in [7, 11) is 0. The molecule has 0 saturated heterocycles. The second-order valence-corrected chi connectivity index (χ2v) is 7.70. The molecule has 1 amide bonds. The van der Waals surface area contributed by atoms with Gasteiger partial charge in [0.15, 0.2) is 10.6 Å². The molecule has 8 heteroatoms. The van der Waals surface area contributed by atoms with Gasteiger partial charge in [0, 0.05) is 15.4 Å². The van der Waals surface area contributed by atoms with E-state index in [2.05, 4.69) is 31.4 Å². The number of thioether (sulfide) groups is 1. The van der Waals surface area contributed by atoms with E-state index in [0.717, 1.165) is 20.8 Å². The van der Waals surface area contributed by atoms with Gasteiger partial charge in [0.2, 0.25) is 5.91 Å². The molecule has 2 aromatic rings. The Balaban J connectivity index is 1.90. The SMILES string of the molecule is Cc1cc(Br)ccc1SCC(=O)NCc1n[nH]c(=S)n1C(C)C. The van der Waals surface area contributed by atoms with Crippen LogP contribution >= 0.6 is 39.9 Å². The number of halogens is 1. The van der Waals surface area contributed by atoms with Crippen molar-refractivity contribution in [3.8, 4) is 0 Å². The van der Waals surface area contributed by atoms with Gasteiger partial charge < -0.3 is 9.88 Å². The number of benzene rings is 1. The van der Waals surface area contributed by atoms with Gasteiger partial charge >= 0.3 is 0 Å². The lowest BCUT2D eigenvalue weighted by Crippen LogP contribution is -2.26. The molecule has 0 fully saturated rings. The quantitative estimate of drug-likeness (QED) is 0.553. The lowest BCUT2D eigenvalue weighted by Gasteiger charge is -2.11. The van der Waals surface area contributed by atoms with Gasteiger partial charge in [0.25, 0.3) is 0 Å². The summed E-state index contributed by atoms with van der Waals surface area (Å²) in [5.41, 5.74) is 1.15. The van der Waals surface area contributed by atoms with Crippen molar-refractivity contribution in [3.63, 3.8) is 0 Å². The van der Waals surface area contributed by atoms with E-state index in [1.165, 1.54) is 11.8 Å². The maximum atomic E-state index is 12.0. The normalized spacial score (nSPS) is 11.0. The molecule has 1 aromatic carbocycles. The number of carbonyl (C=O) groups excluding carboxylic acids is 1. The summed E-state index contributed by atoms with van der Waals surface area (Å²) < 4.78 is 3.52. The highest BCUT2D eigenvalue weighted by molar-refractivity contribution is 9.10. The van der Waals surface area contributed by atoms with Gasteiger partial charge in [0.05, 0.1) is 12.3 Å². The Hall–Kier alpha value is -1.12. The molecule has 2 N–H and O–H groups in total. The van der Waals surface area contributed by atoms with E-state index < -0.39 is 0 Å². The van der Waals surface area contributed by atoms with Gasteiger partial charge in [-0.15, -0.1) is 11.8 Å². The Kier molecular flexibility index (Phi) is 6.43. The molecule has 1 aromatic heterocycles. The molecule has 2 rings (SSSR count). The molecule has 1 heterocycles. The molecule has 0 aliphatic heterocycles. The van der Waals surface area contributed by atoms with Crippen molar-refractivity contribution < 1.29 is 4.79 Å². The zero-order valence-corrected chi connectivity index (χ0v) is 16.4. The fraction of sp³-hybridized carbons (Fsp3) is 0.400. The summed E-state index contributed by atoms with van der Waals surface area (Å²) in [5.74, 6) is 1.08. The molecule has 0 unspecified atom stereocenters. The molecule has 0 saturated carbocycles. The van der Waals surface area contributed by atoms with Crippen molar-refractivity contribution >= 4 is 45.8 Å². The van der Waals surface area contributed by atoms with E-state index in [1.54, 1.807) is 0 Å². The van der Waals surface area contributed by atoms with Crippen molar-refractivity contribution in [3.05, 3.63) is 38.8 Å². The molecule has 0 aliphatic carbocycles. The molecule has 0 aliphatic rings. The van der Waals surface area contributed by atoms with Crippen LogP contribution in [0.4, 0.5) is 0 Å². The van der Waals surface area contributed by atoms with Crippen LogP contribution in [-0.4, -0.2) is 26.4 Å². The van der Waals surface area contributed by atoms with E-state index in [4.69, 9.17) is 12.2 Å². The number of aromatic nitrogens is 3. The van der Waals surface area contributed by atoms with Crippen LogP contribution in [0.25, 0.3) is 0 Å². The molecule has 0 spiro atoms. The van der Waals surface area contributed by atoms with Crippen molar-refractivity contribution in [2.24, 2.45) is 0 Å². The largest absolute Gasteiger partial charge is 0.348 e. The maximum absolute atomic E-state index is 12.0. The number of carbonyl (C=O) groups is 1. The Bertz CT molecular complexity index is 754. The van der Waals surface area contributed by atoms with E-state index in [-0.39, 0.29) is 11.9 Å². The molecule has 0 radical (unpaired) electrons. The van der Waals surface area contributed by atoms with Crippen LogP contribution in [0, 0.1) is 11.7 Å². The van der Waals surface area contributed by atoms with Crippen LogP contribution in [0.3, 0.4) is 0 Å². The van der Waals surface area contributed by atoms with Gasteiger partial charge in [-0.1, -0.05) is 15.9 Å². The topological polar surface area (TPSA) is 62.7 Å². The fourth-order valence-corrected chi connectivity index (χ4v) is 3.82. The smallest absolute Gasteiger partial charge is 0.230 e. The Morgan fingerprint density at radius 3 is 2.91 bits per heavy atom. The summed E-state index contributed by atoms with van der Waals surface area (Å²) in [6, 6.07) is 6.24. The lowest BCUT2D eigenvalue weighted by atomic mass is 10.2. The van der Waals surface area contributed by atoms with Crippen LogP contribution in [0.15, 0.2) is 27.6 Å². The van der Waals surface area contributed by atoms with E-state index in [9.17, 15) is 4.79 Å². The highest BCUT2D eigenvalue weighted by atomic mass is 79.9. The summed E-state index contributed by atoms with van der Waals surface area (Å²) in [6.45, 7) is 6.46. The minimum atomic E-state index is -0.0263. The predicted octanol–water partition coefficient (Wildman–Crippen LogP) is 4.00. The number of hydrogen-bond acceptors (Lipinski definition) is 4. The molecule has 23 heavy (non-hydrogen) atoms. The average molecular weight is 415 g/mol. The van der Waals surface area contributed by atoms with Crippen LogP contribution < -0.4 is 5.32 Å². The first-order valence-corrected chi connectivity index (χ1v) is 9.38. The van der Waals surface area contributed by atoms with E-state index in [0.29, 0.717) is 17.1 Å². The van der Waals surface area contributed by atoms with Gasteiger partial charge in [-0.25, -0.2) is 0 Å². The third kappa shape index (κ3) is 4.92. The Morgan fingerprint density at radius 2 is 2.26 bits per heavy atom. The second kappa shape index (κ2) is 8.12. The molecule has 5 nitrogen and oxygen atoms in total. The van der Waals surface area contributed by atoms with Crippen LogP contribution in [0.5, 0.6) is 0 Å². The highest BCUT2D eigenvalue weighted by Gasteiger charge is 2.11. The summed E-state index contributed by atoms with van der Waals surface area (Å²) in [5, 5.41) is 9.83. The third-order valence-corrected chi connectivity index (χ3v) is 5.19. The first kappa shape index (κ1) is 18.2. The van der Waals surface area contributed by atoms with Crippen LogP contribution in [0.2, 0.25) is 0 Å². The second-order valence-electron chi connectivity index (χ2n) is 5.38. The van der Waals surface area contributed by atoms with Crippen molar-refractivity contribution in [2.45, 2.75) is 38.3 Å². The van der Waals surface area contributed by atoms with E-state index >= 15 is 0 Å². The molecular weight excluding hydrogens is 396 g/mol. The zero-order chi connectivity index (χ0) is 17.0. The zero-order valence-electron chi connectivity index (χ0n) is 13.2. The fourth-order valence-electron chi connectivity index (χ4n) is 2.14. The number of rotatable bonds is 6. The first-order chi connectivity index (χ1) is 10.9. The minimum Gasteiger partial charge on any atom is -0.348 e. The van der Waals surface area contributed by atoms with Crippen LogP contribution in [-0.2, 0) is 11.3 Å². The van der Waals surface area contributed by atoms with Gasteiger partial charge in [-0.3, -0.25) is 9.89 Å².